The molecule has 0 saturated carbocycles. The zero-order valence-corrected chi connectivity index (χ0v) is 8.66. The number of amides is 1. The third-order valence-corrected chi connectivity index (χ3v) is 2.09. The number of carbonyl (C=O) groups excluding carboxylic acids is 1. The Morgan fingerprint density at radius 1 is 1.50 bits per heavy atom. The number of nitrogens with zero attached hydrogens (tertiary/aromatic N) is 1. The molecule has 1 aromatic heterocycles. The van der Waals surface area contributed by atoms with Crippen molar-refractivity contribution in [3.8, 4) is 0 Å². The molecule has 3 heteroatoms. The Labute approximate surface area is 84.6 Å². The zero-order valence-electron chi connectivity index (χ0n) is 8.66. The second-order valence-electron chi connectivity index (χ2n) is 3.36. The zero-order chi connectivity index (χ0) is 10.4. The average molecular weight is 192 g/mol. The van der Waals surface area contributed by atoms with Crippen LogP contribution in [-0.2, 0) is 11.2 Å². The minimum atomic E-state index is 0.0253. The molecule has 0 aromatic carbocycles. The van der Waals surface area contributed by atoms with Crippen molar-refractivity contribution in [3.63, 3.8) is 0 Å². The highest BCUT2D eigenvalue weighted by Crippen LogP contribution is 2.06. The molecule has 1 atom stereocenters. The first-order valence-electron chi connectivity index (χ1n) is 4.90. The van der Waals surface area contributed by atoms with Gasteiger partial charge in [0.25, 0.3) is 0 Å². The topological polar surface area (TPSA) is 42.0 Å². The van der Waals surface area contributed by atoms with Crippen molar-refractivity contribution < 1.29 is 4.79 Å². The van der Waals surface area contributed by atoms with Crippen LogP contribution < -0.4 is 5.32 Å². The molecule has 0 bridgehead atoms. The lowest BCUT2D eigenvalue weighted by molar-refractivity contribution is -0.124. The van der Waals surface area contributed by atoms with E-state index in [9.17, 15) is 4.79 Å². The van der Waals surface area contributed by atoms with E-state index in [1.807, 2.05) is 26.0 Å². The summed E-state index contributed by atoms with van der Waals surface area (Å²) in [6, 6.07) is 3.88. The molecule has 1 N–H and O–H groups in total. The maximum atomic E-state index is 11.4. The Bertz CT molecular complexity index is 285. The Morgan fingerprint density at radius 3 is 2.71 bits per heavy atom. The van der Waals surface area contributed by atoms with Gasteiger partial charge in [0.05, 0.1) is 0 Å². The average Bonchev–Trinajstić information content (AvgIpc) is 2.19. The molecule has 0 aliphatic heterocycles. The highest BCUT2D eigenvalue weighted by molar-refractivity contribution is 5.78. The monoisotopic (exact) mass is 192 g/mol. The van der Waals surface area contributed by atoms with Gasteiger partial charge in [-0.2, -0.15) is 0 Å². The molecule has 1 rings (SSSR count). The Kier molecular flexibility index (Phi) is 4.11. The lowest BCUT2D eigenvalue weighted by Gasteiger charge is -2.10. The van der Waals surface area contributed by atoms with E-state index in [4.69, 9.17) is 0 Å². The van der Waals surface area contributed by atoms with Crippen molar-refractivity contribution in [2.24, 2.45) is 5.92 Å². The second-order valence-corrected chi connectivity index (χ2v) is 3.36. The van der Waals surface area contributed by atoms with Crippen LogP contribution in [0.5, 0.6) is 0 Å². The van der Waals surface area contributed by atoms with Crippen LogP contribution in [0.1, 0.15) is 19.4 Å². The summed E-state index contributed by atoms with van der Waals surface area (Å²) < 4.78 is 0. The van der Waals surface area contributed by atoms with E-state index < -0.39 is 0 Å². The van der Waals surface area contributed by atoms with Crippen molar-refractivity contribution in [2.45, 2.75) is 20.3 Å². The van der Waals surface area contributed by atoms with Crippen LogP contribution in [0.3, 0.4) is 0 Å². The first-order valence-corrected chi connectivity index (χ1v) is 4.90. The first-order chi connectivity index (χ1) is 6.74. The molecule has 0 fully saturated rings. The van der Waals surface area contributed by atoms with Gasteiger partial charge in [-0.3, -0.25) is 9.78 Å². The number of hydrogen-bond acceptors (Lipinski definition) is 2. The van der Waals surface area contributed by atoms with Gasteiger partial charge < -0.3 is 5.32 Å². The largest absolute Gasteiger partial charge is 0.356 e. The lowest BCUT2D eigenvalue weighted by Crippen LogP contribution is -2.29. The SMILES string of the molecule is CCNC(=O)C(C)Cc1ccncc1. The molecule has 0 radical (unpaired) electrons. The quantitative estimate of drug-likeness (QED) is 0.783. The minimum absolute atomic E-state index is 0.0253. The number of rotatable bonds is 4. The summed E-state index contributed by atoms with van der Waals surface area (Å²) in [5.41, 5.74) is 1.15. The molecule has 76 valence electrons. The predicted octanol–water partition coefficient (Wildman–Crippen LogP) is 1.40. The van der Waals surface area contributed by atoms with Gasteiger partial charge in [0, 0.05) is 24.9 Å². The van der Waals surface area contributed by atoms with Crippen LogP contribution in [0.4, 0.5) is 0 Å². The van der Waals surface area contributed by atoms with Crippen LogP contribution in [0.25, 0.3) is 0 Å². The fourth-order valence-corrected chi connectivity index (χ4v) is 1.31. The highest BCUT2D eigenvalue weighted by Gasteiger charge is 2.11. The molecule has 0 spiro atoms. The van der Waals surface area contributed by atoms with Gasteiger partial charge in [0.1, 0.15) is 0 Å². The lowest BCUT2D eigenvalue weighted by atomic mass is 10.0. The summed E-state index contributed by atoms with van der Waals surface area (Å²) in [4.78, 5) is 15.4. The predicted molar refractivity (Wildman–Crippen MR) is 55.8 cm³/mol. The molecule has 3 nitrogen and oxygen atoms in total. The molecular weight excluding hydrogens is 176 g/mol. The van der Waals surface area contributed by atoms with Gasteiger partial charge in [-0.1, -0.05) is 6.92 Å². The molecular formula is C11H16N2O. The molecule has 0 saturated heterocycles. The van der Waals surface area contributed by atoms with Crippen molar-refractivity contribution in [2.75, 3.05) is 6.54 Å². The standard InChI is InChI=1S/C11H16N2O/c1-3-13-11(14)9(2)8-10-4-6-12-7-5-10/h4-7,9H,3,8H2,1-2H3,(H,13,14). The summed E-state index contributed by atoms with van der Waals surface area (Å²) in [6.07, 6.45) is 4.27. The third kappa shape index (κ3) is 3.17. The van der Waals surface area contributed by atoms with Crippen molar-refractivity contribution in [1.29, 1.82) is 0 Å². The molecule has 0 aliphatic rings. The van der Waals surface area contributed by atoms with Crippen LogP contribution in [0.15, 0.2) is 24.5 Å². The van der Waals surface area contributed by atoms with Gasteiger partial charge in [0.15, 0.2) is 0 Å². The maximum absolute atomic E-state index is 11.4. The Hall–Kier alpha value is -1.38. The summed E-state index contributed by atoms with van der Waals surface area (Å²) in [7, 11) is 0. The van der Waals surface area contributed by atoms with Crippen molar-refractivity contribution >= 4 is 5.91 Å². The molecule has 0 aliphatic carbocycles. The van der Waals surface area contributed by atoms with Gasteiger partial charge in [-0.15, -0.1) is 0 Å². The number of pyridine rings is 1. The van der Waals surface area contributed by atoms with Gasteiger partial charge in [0.2, 0.25) is 5.91 Å². The van der Waals surface area contributed by atoms with E-state index in [1.54, 1.807) is 12.4 Å². The Balaban J connectivity index is 2.49. The van der Waals surface area contributed by atoms with Crippen LogP contribution >= 0.6 is 0 Å². The van der Waals surface area contributed by atoms with Crippen LogP contribution in [-0.4, -0.2) is 17.4 Å². The van der Waals surface area contributed by atoms with E-state index in [1.165, 1.54) is 0 Å². The minimum Gasteiger partial charge on any atom is -0.356 e. The Morgan fingerprint density at radius 2 is 2.14 bits per heavy atom. The summed E-state index contributed by atoms with van der Waals surface area (Å²) in [6.45, 7) is 4.56. The van der Waals surface area contributed by atoms with Crippen molar-refractivity contribution in [1.82, 2.24) is 10.3 Å². The molecule has 1 aromatic rings. The maximum Gasteiger partial charge on any atom is 0.223 e. The molecule has 1 unspecified atom stereocenters. The smallest absolute Gasteiger partial charge is 0.223 e. The second kappa shape index (κ2) is 5.37. The van der Waals surface area contributed by atoms with E-state index >= 15 is 0 Å². The fourth-order valence-electron chi connectivity index (χ4n) is 1.31. The normalized spacial score (nSPS) is 12.1. The van der Waals surface area contributed by atoms with E-state index in [2.05, 4.69) is 10.3 Å². The van der Waals surface area contributed by atoms with Gasteiger partial charge in [-0.05, 0) is 31.0 Å². The number of aromatic nitrogens is 1. The summed E-state index contributed by atoms with van der Waals surface area (Å²) in [5.74, 6) is 0.140. The summed E-state index contributed by atoms with van der Waals surface area (Å²) in [5, 5.41) is 2.81. The fraction of sp³-hybridized carbons (Fsp3) is 0.455. The van der Waals surface area contributed by atoms with E-state index in [-0.39, 0.29) is 11.8 Å². The van der Waals surface area contributed by atoms with Crippen LogP contribution in [0.2, 0.25) is 0 Å². The van der Waals surface area contributed by atoms with E-state index in [0.29, 0.717) is 6.54 Å². The van der Waals surface area contributed by atoms with Gasteiger partial charge >= 0.3 is 0 Å². The highest BCUT2D eigenvalue weighted by atomic mass is 16.1. The van der Waals surface area contributed by atoms with Crippen molar-refractivity contribution in [3.05, 3.63) is 30.1 Å². The molecule has 14 heavy (non-hydrogen) atoms. The number of carbonyl (C=O) groups is 1. The molecule has 1 heterocycles. The number of hydrogen-bond donors (Lipinski definition) is 1. The first kappa shape index (κ1) is 10.7. The van der Waals surface area contributed by atoms with Crippen LogP contribution in [0, 0.1) is 5.92 Å². The van der Waals surface area contributed by atoms with E-state index in [0.717, 1.165) is 12.0 Å². The molecule has 1 amide bonds. The summed E-state index contributed by atoms with van der Waals surface area (Å²) >= 11 is 0. The van der Waals surface area contributed by atoms with Gasteiger partial charge in [-0.25, -0.2) is 0 Å². The third-order valence-electron chi connectivity index (χ3n) is 2.09. The number of nitrogens with one attached hydrogen (secondary N) is 1.